The molecule has 0 heterocycles. The quantitative estimate of drug-likeness (QED) is 0.424. The lowest BCUT2D eigenvalue weighted by Crippen LogP contribution is -2.38. The van der Waals surface area contributed by atoms with Crippen LogP contribution in [0.15, 0.2) is 48.5 Å². The van der Waals surface area contributed by atoms with Crippen LogP contribution in [0.2, 0.25) is 0 Å². The van der Waals surface area contributed by atoms with Crippen LogP contribution in [0.4, 0.5) is 4.79 Å². The van der Waals surface area contributed by atoms with Crippen molar-refractivity contribution in [3.05, 3.63) is 59.7 Å². The third-order valence-corrected chi connectivity index (χ3v) is 6.51. The van der Waals surface area contributed by atoms with Crippen LogP contribution in [0.5, 0.6) is 0 Å². The number of carbonyl (C=O) groups is 3. The number of benzene rings is 2. The highest BCUT2D eigenvalue weighted by atomic mass is 16.5. The van der Waals surface area contributed by atoms with Gasteiger partial charge in [0.2, 0.25) is 5.91 Å². The van der Waals surface area contributed by atoms with Crippen molar-refractivity contribution in [3.8, 4) is 11.1 Å². The third kappa shape index (κ3) is 7.05. The Balaban J connectivity index is 1.49. The first kappa shape index (κ1) is 26.2. The normalized spacial score (nSPS) is 14.1. The summed E-state index contributed by atoms with van der Waals surface area (Å²) in [7, 11) is 1.41. The third-order valence-electron chi connectivity index (χ3n) is 6.51. The molecule has 0 fully saturated rings. The topological polar surface area (TPSA) is 114 Å². The van der Waals surface area contributed by atoms with E-state index in [-0.39, 0.29) is 49.7 Å². The van der Waals surface area contributed by atoms with Gasteiger partial charge in [0.1, 0.15) is 6.61 Å². The van der Waals surface area contributed by atoms with E-state index < -0.39 is 18.2 Å². The molecule has 35 heavy (non-hydrogen) atoms. The Labute approximate surface area is 206 Å². The van der Waals surface area contributed by atoms with Gasteiger partial charge in [-0.2, -0.15) is 0 Å². The van der Waals surface area contributed by atoms with E-state index in [2.05, 4.69) is 34.9 Å². The lowest BCUT2D eigenvalue weighted by atomic mass is 9.92. The largest absolute Gasteiger partial charge is 0.481 e. The number of hydrogen-bond donors (Lipinski definition) is 3. The maximum atomic E-state index is 12.5. The van der Waals surface area contributed by atoms with E-state index in [1.54, 1.807) is 0 Å². The average molecular weight is 483 g/mol. The van der Waals surface area contributed by atoms with E-state index >= 15 is 0 Å². The Morgan fingerprint density at radius 2 is 1.51 bits per heavy atom. The molecule has 2 atom stereocenters. The summed E-state index contributed by atoms with van der Waals surface area (Å²) >= 11 is 0. The Morgan fingerprint density at radius 3 is 2.06 bits per heavy atom. The second-order valence-corrected chi connectivity index (χ2v) is 9.17. The molecule has 1 aliphatic rings. The standard InChI is InChI=1S/C27H34N2O6/c1-17(2)18(12-25(30)28-15-19(34-3)13-26(31)32)14-29-27(33)35-16-24-22-10-6-4-8-20(22)21-9-5-7-11-23(21)24/h4-11,17-19,24H,12-16H2,1-3H3,(H,28,30)(H,29,33)(H,31,32). The molecular weight excluding hydrogens is 448 g/mol. The maximum Gasteiger partial charge on any atom is 0.407 e. The molecule has 2 unspecified atom stereocenters. The van der Waals surface area contributed by atoms with Crippen molar-refractivity contribution in [1.82, 2.24) is 10.6 Å². The van der Waals surface area contributed by atoms with Crippen molar-refractivity contribution in [2.75, 3.05) is 26.8 Å². The van der Waals surface area contributed by atoms with Gasteiger partial charge in [-0.05, 0) is 34.1 Å². The number of methoxy groups -OCH3 is 1. The number of fused-ring (bicyclic) bond motifs is 3. The summed E-state index contributed by atoms with van der Waals surface area (Å²) in [6.07, 6.45) is -1.09. The minimum absolute atomic E-state index is 0.0145. The SMILES string of the molecule is COC(CNC(=O)CC(CNC(=O)OCC1c2ccccc2-c2ccccc21)C(C)C)CC(=O)O. The first-order chi connectivity index (χ1) is 16.8. The van der Waals surface area contributed by atoms with Crippen molar-refractivity contribution in [2.45, 2.75) is 38.7 Å². The average Bonchev–Trinajstić information content (AvgIpc) is 3.16. The predicted molar refractivity (Wildman–Crippen MR) is 132 cm³/mol. The molecule has 3 rings (SSSR count). The van der Waals surface area contributed by atoms with Crippen molar-refractivity contribution in [1.29, 1.82) is 0 Å². The Morgan fingerprint density at radius 1 is 0.914 bits per heavy atom. The number of carboxylic acids is 1. The van der Waals surface area contributed by atoms with E-state index in [0.29, 0.717) is 6.54 Å². The number of nitrogens with one attached hydrogen (secondary N) is 2. The van der Waals surface area contributed by atoms with Crippen molar-refractivity contribution < 1.29 is 29.0 Å². The Bertz CT molecular complexity index is 992. The molecule has 0 aliphatic heterocycles. The molecule has 2 amide bonds. The molecular formula is C27H34N2O6. The minimum Gasteiger partial charge on any atom is -0.481 e. The van der Waals surface area contributed by atoms with Gasteiger partial charge in [0.25, 0.3) is 0 Å². The van der Waals surface area contributed by atoms with Crippen molar-refractivity contribution in [3.63, 3.8) is 0 Å². The molecule has 1 aliphatic carbocycles. The van der Waals surface area contributed by atoms with E-state index in [1.165, 1.54) is 18.2 Å². The molecule has 0 saturated heterocycles. The number of alkyl carbamates (subject to hydrolysis) is 1. The molecule has 8 heteroatoms. The molecule has 0 bridgehead atoms. The van der Waals surface area contributed by atoms with Crippen LogP contribution >= 0.6 is 0 Å². The number of aliphatic carboxylic acids is 1. The molecule has 0 radical (unpaired) electrons. The summed E-state index contributed by atoms with van der Waals surface area (Å²) in [5, 5.41) is 14.4. The maximum absolute atomic E-state index is 12.5. The zero-order valence-corrected chi connectivity index (χ0v) is 20.5. The fraction of sp³-hybridized carbons (Fsp3) is 0.444. The molecule has 2 aromatic rings. The lowest BCUT2D eigenvalue weighted by Gasteiger charge is -2.22. The van der Waals surface area contributed by atoms with Gasteiger partial charge in [-0.15, -0.1) is 0 Å². The van der Waals surface area contributed by atoms with Gasteiger partial charge in [-0.25, -0.2) is 4.79 Å². The fourth-order valence-electron chi connectivity index (χ4n) is 4.38. The van der Waals surface area contributed by atoms with Crippen LogP contribution < -0.4 is 10.6 Å². The summed E-state index contributed by atoms with van der Waals surface area (Å²) in [5.74, 6) is -1.17. The number of rotatable bonds is 12. The first-order valence-corrected chi connectivity index (χ1v) is 11.9. The fourth-order valence-corrected chi connectivity index (χ4v) is 4.38. The Kier molecular flexibility index (Phi) is 9.25. The minimum atomic E-state index is -0.988. The Hall–Kier alpha value is -3.39. The molecule has 0 spiro atoms. The predicted octanol–water partition coefficient (Wildman–Crippen LogP) is 3.79. The number of amides is 2. The molecule has 2 aromatic carbocycles. The van der Waals surface area contributed by atoms with Crippen LogP contribution in [-0.4, -0.2) is 56.0 Å². The van der Waals surface area contributed by atoms with Gasteiger partial charge in [0, 0.05) is 32.5 Å². The summed E-state index contributed by atoms with van der Waals surface area (Å²) in [4.78, 5) is 35.7. The first-order valence-electron chi connectivity index (χ1n) is 11.9. The number of ether oxygens (including phenoxy) is 2. The molecule has 3 N–H and O–H groups in total. The zero-order chi connectivity index (χ0) is 25.4. The number of carbonyl (C=O) groups excluding carboxylic acids is 2. The van der Waals surface area contributed by atoms with Gasteiger partial charge in [0.15, 0.2) is 0 Å². The smallest absolute Gasteiger partial charge is 0.407 e. The second kappa shape index (κ2) is 12.4. The van der Waals surface area contributed by atoms with Crippen LogP contribution in [0.3, 0.4) is 0 Å². The van der Waals surface area contributed by atoms with Crippen LogP contribution in [-0.2, 0) is 19.1 Å². The van der Waals surface area contributed by atoms with Crippen LogP contribution in [0.25, 0.3) is 11.1 Å². The highest BCUT2D eigenvalue weighted by Crippen LogP contribution is 2.44. The lowest BCUT2D eigenvalue weighted by molar-refractivity contribution is -0.140. The number of hydrogen-bond acceptors (Lipinski definition) is 5. The van der Waals surface area contributed by atoms with E-state index in [4.69, 9.17) is 14.6 Å². The van der Waals surface area contributed by atoms with Crippen molar-refractivity contribution >= 4 is 18.0 Å². The highest BCUT2D eigenvalue weighted by molar-refractivity contribution is 5.79. The van der Waals surface area contributed by atoms with Gasteiger partial charge < -0.3 is 25.2 Å². The van der Waals surface area contributed by atoms with Gasteiger partial charge in [0.05, 0.1) is 12.5 Å². The van der Waals surface area contributed by atoms with Gasteiger partial charge >= 0.3 is 12.1 Å². The van der Waals surface area contributed by atoms with Crippen LogP contribution in [0.1, 0.15) is 43.7 Å². The number of carboxylic acid groups (broad SMARTS) is 1. The summed E-state index contributed by atoms with van der Waals surface area (Å²) in [5.41, 5.74) is 4.63. The molecule has 0 aromatic heterocycles. The monoisotopic (exact) mass is 482 g/mol. The summed E-state index contributed by atoms with van der Waals surface area (Å²) < 4.78 is 10.7. The van der Waals surface area contributed by atoms with E-state index in [0.717, 1.165) is 11.1 Å². The highest BCUT2D eigenvalue weighted by Gasteiger charge is 2.29. The van der Waals surface area contributed by atoms with Gasteiger partial charge in [-0.1, -0.05) is 62.4 Å². The summed E-state index contributed by atoms with van der Waals surface area (Å²) in [6, 6.07) is 16.3. The van der Waals surface area contributed by atoms with E-state index in [1.807, 2.05) is 38.1 Å². The second-order valence-electron chi connectivity index (χ2n) is 9.17. The van der Waals surface area contributed by atoms with Gasteiger partial charge in [-0.3, -0.25) is 9.59 Å². The van der Waals surface area contributed by atoms with Crippen molar-refractivity contribution in [2.24, 2.45) is 11.8 Å². The van der Waals surface area contributed by atoms with Crippen LogP contribution in [0, 0.1) is 11.8 Å². The zero-order valence-electron chi connectivity index (χ0n) is 20.5. The molecule has 8 nitrogen and oxygen atoms in total. The van der Waals surface area contributed by atoms with E-state index in [9.17, 15) is 14.4 Å². The molecule has 0 saturated carbocycles. The molecule has 188 valence electrons. The summed E-state index contributed by atoms with van der Waals surface area (Å²) in [6.45, 7) is 4.62.